The molecule has 0 atom stereocenters. The Balaban J connectivity index is 2.46. The summed E-state index contributed by atoms with van der Waals surface area (Å²) in [6, 6.07) is 4.00. The fraction of sp³-hybridized carbons (Fsp3) is 0.300. The second-order valence-corrected chi connectivity index (χ2v) is 3.62. The highest BCUT2D eigenvalue weighted by atomic mass is 15.0. The second-order valence-electron chi connectivity index (χ2n) is 3.62. The zero-order valence-corrected chi connectivity index (χ0v) is 7.33. The number of pyridine rings is 1. The molecule has 0 fully saturated rings. The van der Waals surface area contributed by atoms with Crippen LogP contribution in [-0.2, 0) is 0 Å². The van der Waals surface area contributed by atoms with Crippen LogP contribution in [0.3, 0.4) is 0 Å². The molecule has 0 aliphatic carbocycles. The lowest BCUT2D eigenvalue weighted by molar-refractivity contribution is 0.705. The summed E-state index contributed by atoms with van der Waals surface area (Å²) in [6.45, 7) is 4.25. The first-order valence-corrected chi connectivity index (χ1v) is 4.10. The van der Waals surface area contributed by atoms with Crippen LogP contribution in [-0.4, -0.2) is 10.5 Å². The number of nitrogens with one attached hydrogen (secondary N) is 1. The summed E-state index contributed by atoms with van der Waals surface area (Å²) < 4.78 is 0. The topological polar surface area (TPSA) is 24.9 Å². The maximum Gasteiger partial charge on any atom is 0.133 e. The highest BCUT2D eigenvalue weighted by Gasteiger charge is 2.18. The number of anilines is 1. The minimum atomic E-state index is 0.0291. The smallest absolute Gasteiger partial charge is 0.133 e. The Hall–Kier alpha value is -1.31. The summed E-state index contributed by atoms with van der Waals surface area (Å²) in [4.78, 5) is 4.25. The summed E-state index contributed by atoms with van der Waals surface area (Å²) in [5.41, 5.74) is 1.19. The average Bonchev–Trinajstić information content (AvgIpc) is 2.02. The molecule has 1 aliphatic rings. The number of hydrogen-bond donors (Lipinski definition) is 1. The van der Waals surface area contributed by atoms with Crippen molar-refractivity contribution in [1.82, 2.24) is 4.98 Å². The first kappa shape index (κ1) is 7.35. The van der Waals surface area contributed by atoms with Crippen LogP contribution in [0, 0.1) is 0 Å². The summed E-state index contributed by atoms with van der Waals surface area (Å²) >= 11 is 0. The van der Waals surface area contributed by atoms with E-state index in [1.807, 2.05) is 6.07 Å². The van der Waals surface area contributed by atoms with Crippen molar-refractivity contribution in [2.45, 2.75) is 19.4 Å². The lowest BCUT2D eigenvalue weighted by Crippen LogP contribution is -2.30. The zero-order valence-electron chi connectivity index (χ0n) is 7.33. The van der Waals surface area contributed by atoms with E-state index in [2.05, 4.69) is 42.4 Å². The van der Waals surface area contributed by atoms with Gasteiger partial charge in [0.25, 0.3) is 0 Å². The SMILES string of the molecule is CC1(C)C=Cc2cccnc2N1. The molecule has 0 radical (unpaired) electrons. The van der Waals surface area contributed by atoms with Gasteiger partial charge in [-0.15, -0.1) is 0 Å². The Labute approximate surface area is 72.3 Å². The van der Waals surface area contributed by atoms with Crippen molar-refractivity contribution in [3.63, 3.8) is 0 Å². The number of fused-ring (bicyclic) bond motifs is 1. The van der Waals surface area contributed by atoms with Gasteiger partial charge in [-0.2, -0.15) is 0 Å². The normalized spacial score (nSPS) is 18.2. The number of rotatable bonds is 0. The van der Waals surface area contributed by atoms with Crippen molar-refractivity contribution in [2.75, 3.05) is 5.32 Å². The van der Waals surface area contributed by atoms with Gasteiger partial charge in [-0.1, -0.05) is 12.2 Å². The van der Waals surface area contributed by atoms with E-state index in [4.69, 9.17) is 0 Å². The Morgan fingerprint density at radius 1 is 1.42 bits per heavy atom. The third kappa shape index (κ3) is 1.20. The molecule has 62 valence electrons. The molecule has 1 aromatic heterocycles. The van der Waals surface area contributed by atoms with Gasteiger partial charge in [-0.3, -0.25) is 0 Å². The van der Waals surface area contributed by atoms with Gasteiger partial charge in [0.1, 0.15) is 5.82 Å². The standard InChI is InChI=1S/C10H12N2/c1-10(2)6-5-8-4-3-7-11-9(8)12-10/h3-7H,1-2H3,(H,11,12). The van der Waals surface area contributed by atoms with E-state index in [0.29, 0.717) is 0 Å². The molecule has 1 N–H and O–H groups in total. The molecule has 0 saturated carbocycles. The van der Waals surface area contributed by atoms with Crippen LogP contribution in [0.5, 0.6) is 0 Å². The Bertz CT molecular complexity index is 326. The minimum Gasteiger partial charge on any atom is -0.361 e. The molecule has 1 aliphatic heterocycles. The molecule has 2 nitrogen and oxygen atoms in total. The number of nitrogens with zero attached hydrogens (tertiary/aromatic N) is 1. The molecule has 0 spiro atoms. The quantitative estimate of drug-likeness (QED) is 0.630. The van der Waals surface area contributed by atoms with Crippen molar-refractivity contribution in [3.05, 3.63) is 30.0 Å². The first-order valence-electron chi connectivity index (χ1n) is 4.10. The monoisotopic (exact) mass is 160 g/mol. The largest absolute Gasteiger partial charge is 0.361 e. The molecule has 1 aromatic rings. The fourth-order valence-corrected chi connectivity index (χ4v) is 1.30. The number of aromatic nitrogens is 1. The van der Waals surface area contributed by atoms with Crippen LogP contribution in [0.1, 0.15) is 19.4 Å². The predicted octanol–water partition coefficient (Wildman–Crippen LogP) is 2.30. The van der Waals surface area contributed by atoms with Crippen LogP contribution in [0.4, 0.5) is 5.82 Å². The summed E-state index contributed by atoms with van der Waals surface area (Å²) in [5, 5.41) is 3.34. The fourth-order valence-electron chi connectivity index (χ4n) is 1.30. The van der Waals surface area contributed by atoms with Gasteiger partial charge in [-0.25, -0.2) is 4.98 Å². The van der Waals surface area contributed by atoms with Gasteiger partial charge in [-0.05, 0) is 26.0 Å². The van der Waals surface area contributed by atoms with E-state index in [-0.39, 0.29) is 5.54 Å². The van der Waals surface area contributed by atoms with Crippen molar-refractivity contribution in [2.24, 2.45) is 0 Å². The Kier molecular flexibility index (Phi) is 1.43. The van der Waals surface area contributed by atoms with Crippen molar-refractivity contribution in [1.29, 1.82) is 0 Å². The first-order chi connectivity index (χ1) is 5.67. The third-order valence-corrected chi connectivity index (χ3v) is 1.96. The van der Waals surface area contributed by atoms with Gasteiger partial charge >= 0.3 is 0 Å². The van der Waals surface area contributed by atoms with Crippen molar-refractivity contribution in [3.8, 4) is 0 Å². The van der Waals surface area contributed by atoms with E-state index in [0.717, 1.165) is 11.4 Å². The molecule has 0 bridgehead atoms. The van der Waals surface area contributed by atoms with Crippen LogP contribution < -0.4 is 5.32 Å². The van der Waals surface area contributed by atoms with Gasteiger partial charge in [0.15, 0.2) is 0 Å². The molecule has 0 amide bonds. The molecular weight excluding hydrogens is 148 g/mol. The van der Waals surface area contributed by atoms with E-state index in [1.54, 1.807) is 6.20 Å². The van der Waals surface area contributed by atoms with Gasteiger partial charge in [0, 0.05) is 11.8 Å². The molecule has 2 rings (SSSR count). The van der Waals surface area contributed by atoms with Crippen LogP contribution in [0.15, 0.2) is 24.4 Å². The van der Waals surface area contributed by atoms with E-state index >= 15 is 0 Å². The van der Waals surface area contributed by atoms with Crippen LogP contribution >= 0.6 is 0 Å². The second kappa shape index (κ2) is 2.34. The zero-order chi connectivity index (χ0) is 8.60. The Morgan fingerprint density at radius 3 is 3.08 bits per heavy atom. The average molecular weight is 160 g/mol. The van der Waals surface area contributed by atoms with E-state index in [1.165, 1.54) is 0 Å². The van der Waals surface area contributed by atoms with Crippen LogP contribution in [0.2, 0.25) is 0 Å². The summed E-state index contributed by atoms with van der Waals surface area (Å²) in [5.74, 6) is 0.977. The molecule has 0 saturated heterocycles. The maximum atomic E-state index is 4.25. The molecule has 0 aromatic carbocycles. The van der Waals surface area contributed by atoms with Crippen molar-refractivity contribution >= 4 is 11.9 Å². The summed E-state index contributed by atoms with van der Waals surface area (Å²) in [7, 11) is 0. The number of hydrogen-bond acceptors (Lipinski definition) is 2. The van der Waals surface area contributed by atoms with Crippen molar-refractivity contribution < 1.29 is 0 Å². The minimum absolute atomic E-state index is 0.0291. The van der Waals surface area contributed by atoms with Crippen LogP contribution in [0.25, 0.3) is 6.08 Å². The lowest BCUT2D eigenvalue weighted by atomic mass is 9.99. The molecule has 0 unspecified atom stereocenters. The molecular formula is C10H12N2. The van der Waals surface area contributed by atoms with E-state index < -0.39 is 0 Å². The summed E-state index contributed by atoms with van der Waals surface area (Å²) in [6.07, 6.45) is 6.07. The Morgan fingerprint density at radius 2 is 2.25 bits per heavy atom. The third-order valence-electron chi connectivity index (χ3n) is 1.96. The lowest BCUT2D eigenvalue weighted by Gasteiger charge is -2.27. The maximum absolute atomic E-state index is 4.25. The molecule has 2 heterocycles. The predicted molar refractivity (Wildman–Crippen MR) is 51.0 cm³/mol. The molecule has 12 heavy (non-hydrogen) atoms. The van der Waals surface area contributed by atoms with Gasteiger partial charge < -0.3 is 5.32 Å². The van der Waals surface area contributed by atoms with Gasteiger partial charge in [0.2, 0.25) is 0 Å². The van der Waals surface area contributed by atoms with Gasteiger partial charge in [0.05, 0.1) is 5.54 Å². The highest BCUT2D eigenvalue weighted by Crippen LogP contribution is 2.24. The molecule has 2 heteroatoms. The highest BCUT2D eigenvalue weighted by molar-refractivity contribution is 5.68. The van der Waals surface area contributed by atoms with E-state index in [9.17, 15) is 0 Å².